The number of piperidine rings is 1. The molecule has 11 heteroatoms. The number of fused-ring (bicyclic) bond motifs is 1. The molecule has 11 nitrogen and oxygen atoms in total. The molecule has 1 atom stereocenters. The third kappa shape index (κ3) is 9.85. The molecule has 1 aromatic rings. The number of hydrogen-bond donors (Lipinski definition) is 2. The van der Waals surface area contributed by atoms with Crippen LogP contribution >= 0.6 is 0 Å². The van der Waals surface area contributed by atoms with Gasteiger partial charge in [0.25, 0.3) is 5.91 Å². The number of carbonyl (C=O) groups is 4. The summed E-state index contributed by atoms with van der Waals surface area (Å²) in [6.07, 6.45) is 2.06. The molecule has 224 valence electrons. The third-order valence-corrected chi connectivity index (χ3v) is 6.54. The van der Waals surface area contributed by atoms with Crippen LogP contribution in [0.3, 0.4) is 0 Å². The van der Waals surface area contributed by atoms with Gasteiger partial charge in [-0.25, -0.2) is 4.79 Å². The van der Waals surface area contributed by atoms with Crippen molar-refractivity contribution in [2.75, 3.05) is 46.1 Å². The molecule has 1 saturated heterocycles. The molecule has 41 heavy (non-hydrogen) atoms. The maximum atomic E-state index is 13.0. The Kier molecular flexibility index (Phi) is 12.1. The van der Waals surface area contributed by atoms with Gasteiger partial charge in [-0.2, -0.15) is 0 Å². The molecule has 0 aliphatic carbocycles. The second-order valence-corrected chi connectivity index (χ2v) is 11.0. The number of amides is 4. The molecule has 3 rings (SSSR count). The summed E-state index contributed by atoms with van der Waals surface area (Å²) in [4.78, 5) is 52.8. The van der Waals surface area contributed by atoms with E-state index in [1.165, 1.54) is 4.90 Å². The molecule has 2 aliphatic rings. The molecule has 0 bridgehead atoms. The fourth-order valence-electron chi connectivity index (χ4n) is 4.50. The van der Waals surface area contributed by atoms with Crippen LogP contribution in [-0.4, -0.2) is 91.3 Å². The van der Waals surface area contributed by atoms with Gasteiger partial charge in [0.15, 0.2) is 0 Å². The molecule has 2 aliphatic heterocycles. The first-order valence-electron chi connectivity index (χ1n) is 14.2. The molecule has 0 spiro atoms. The average molecular weight is 571 g/mol. The molecular weight excluding hydrogens is 528 g/mol. The number of imide groups is 1. The van der Waals surface area contributed by atoms with Crippen LogP contribution in [0.5, 0.6) is 0 Å². The summed E-state index contributed by atoms with van der Waals surface area (Å²) in [5.41, 5.74) is 6.79. The highest BCUT2D eigenvalue weighted by Gasteiger charge is 2.39. The van der Waals surface area contributed by atoms with Crippen LogP contribution in [-0.2, 0) is 30.3 Å². The van der Waals surface area contributed by atoms with E-state index in [2.05, 4.69) is 17.2 Å². The Balaban J connectivity index is 1.56. The molecule has 0 aromatic heterocycles. The maximum Gasteiger partial charge on any atom is 0.410 e. The lowest BCUT2D eigenvalue weighted by atomic mass is 10.0. The van der Waals surface area contributed by atoms with E-state index in [4.69, 9.17) is 19.9 Å². The van der Waals surface area contributed by atoms with E-state index in [0.717, 1.165) is 18.4 Å². The van der Waals surface area contributed by atoms with Crippen LogP contribution in [0.2, 0.25) is 0 Å². The largest absolute Gasteiger partial charge is 0.444 e. The quantitative estimate of drug-likeness (QED) is 0.209. The van der Waals surface area contributed by atoms with Crippen molar-refractivity contribution < 1.29 is 33.4 Å². The van der Waals surface area contributed by atoms with Crippen molar-refractivity contribution in [3.63, 3.8) is 0 Å². The topological polar surface area (TPSA) is 141 Å². The van der Waals surface area contributed by atoms with E-state index in [-0.39, 0.29) is 24.8 Å². The number of rotatable bonds is 13. The van der Waals surface area contributed by atoms with Crippen molar-refractivity contribution in [1.29, 1.82) is 0 Å². The number of nitrogens with one attached hydrogen (secondary N) is 1. The van der Waals surface area contributed by atoms with Gasteiger partial charge in [-0.1, -0.05) is 17.9 Å². The predicted molar refractivity (Wildman–Crippen MR) is 152 cm³/mol. The Labute approximate surface area is 242 Å². The highest BCUT2D eigenvalue weighted by Crippen LogP contribution is 2.29. The van der Waals surface area contributed by atoms with Crippen molar-refractivity contribution in [3.05, 3.63) is 34.9 Å². The number of benzene rings is 1. The van der Waals surface area contributed by atoms with E-state index >= 15 is 0 Å². The highest BCUT2D eigenvalue weighted by atomic mass is 16.6. The van der Waals surface area contributed by atoms with Crippen molar-refractivity contribution in [2.45, 2.75) is 71.1 Å². The maximum absolute atomic E-state index is 13.0. The number of nitrogens with zero attached hydrogens (tertiary/aromatic N) is 2. The molecular formula is C30H42N4O7. The number of ether oxygens (including phenoxy) is 3. The highest BCUT2D eigenvalue weighted by molar-refractivity contribution is 6.05. The first-order chi connectivity index (χ1) is 19.6. The van der Waals surface area contributed by atoms with Crippen LogP contribution < -0.4 is 11.1 Å². The van der Waals surface area contributed by atoms with E-state index in [1.807, 2.05) is 26.8 Å². The Morgan fingerprint density at radius 2 is 1.83 bits per heavy atom. The fourth-order valence-corrected chi connectivity index (χ4v) is 4.50. The third-order valence-electron chi connectivity index (χ3n) is 6.54. The summed E-state index contributed by atoms with van der Waals surface area (Å²) in [6, 6.07) is 4.65. The summed E-state index contributed by atoms with van der Waals surface area (Å²) in [5, 5.41) is 2.32. The van der Waals surface area contributed by atoms with Gasteiger partial charge in [0.2, 0.25) is 11.8 Å². The Morgan fingerprint density at radius 1 is 1.10 bits per heavy atom. The summed E-state index contributed by atoms with van der Waals surface area (Å²) in [6.45, 7) is 9.17. The first kappa shape index (κ1) is 32.1. The first-order valence-corrected chi connectivity index (χ1v) is 14.2. The number of carbonyl (C=O) groups excluding carboxylic acids is 4. The lowest BCUT2D eigenvalue weighted by molar-refractivity contribution is -0.136. The van der Waals surface area contributed by atoms with Gasteiger partial charge in [0, 0.05) is 63.4 Å². The minimum absolute atomic E-state index is 0.200. The van der Waals surface area contributed by atoms with E-state index in [0.29, 0.717) is 70.0 Å². The fraction of sp³-hybridized carbons (Fsp3) is 0.600. The molecule has 2 heterocycles. The van der Waals surface area contributed by atoms with Gasteiger partial charge in [-0.3, -0.25) is 19.7 Å². The van der Waals surface area contributed by atoms with Crippen LogP contribution in [0.1, 0.15) is 74.4 Å². The molecule has 1 fully saturated rings. The van der Waals surface area contributed by atoms with Crippen LogP contribution in [0.4, 0.5) is 4.79 Å². The van der Waals surface area contributed by atoms with Gasteiger partial charge in [0.1, 0.15) is 11.6 Å². The molecule has 0 radical (unpaired) electrons. The zero-order chi connectivity index (χ0) is 29.8. The van der Waals surface area contributed by atoms with Crippen molar-refractivity contribution in [2.24, 2.45) is 5.73 Å². The van der Waals surface area contributed by atoms with Crippen molar-refractivity contribution in [3.8, 4) is 11.8 Å². The summed E-state index contributed by atoms with van der Waals surface area (Å²) < 4.78 is 16.7. The summed E-state index contributed by atoms with van der Waals surface area (Å²) >= 11 is 0. The van der Waals surface area contributed by atoms with Crippen molar-refractivity contribution >= 4 is 23.8 Å². The van der Waals surface area contributed by atoms with Crippen LogP contribution in [0, 0.1) is 11.8 Å². The summed E-state index contributed by atoms with van der Waals surface area (Å²) in [7, 11) is 0. The van der Waals surface area contributed by atoms with Crippen molar-refractivity contribution in [1.82, 2.24) is 15.1 Å². The standard InChI is InChI=1S/C30H42N4O7/c1-30(2,3)41-29(38)33(16-20-40-19-8-18-39-17-7-14-31)15-5-4-9-22-10-6-11-23-24(22)21-34(28(23)37)25-12-13-26(35)32-27(25)36/h6,10-11,25H,5,7-8,12-21,31H2,1-3H3,(H,32,35,36). The molecule has 4 amide bonds. The van der Waals surface area contributed by atoms with Crippen LogP contribution in [0.15, 0.2) is 18.2 Å². The van der Waals surface area contributed by atoms with Gasteiger partial charge < -0.3 is 29.7 Å². The van der Waals surface area contributed by atoms with Gasteiger partial charge in [-0.05, 0) is 64.3 Å². The smallest absolute Gasteiger partial charge is 0.410 e. The lowest BCUT2D eigenvalue weighted by Crippen LogP contribution is -2.52. The normalized spacial score (nSPS) is 16.6. The number of nitrogens with two attached hydrogens (primary N) is 1. The van der Waals surface area contributed by atoms with Gasteiger partial charge in [0.05, 0.1) is 6.61 Å². The van der Waals surface area contributed by atoms with E-state index < -0.39 is 23.6 Å². The average Bonchev–Trinajstić information content (AvgIpc) is 3.24. The minimum atomic E-state index is -0.679. The predicted octanol–water partition coefficient (Wildman–Crippen LogP) is 2.20. The van der Waals surface area contributed by atoms with Gasteiger partial charge in [-0.15, -0.1) is 0 Å². The van der Waals surface area contributed by atoms with Crippen LogP contribution in [0.25, 0.3) is 0 Å². The zero-order valence-corrected chi connectivity index (χ0v) is 24.3. The molecule has 1 aromatic carbocycles. The second kappa shape index (κ2) is 15.5. The van der Waals surface area contributed by atoms with E-state index in [9.17, 15) is 19.2 Å². The van der Waals surface area contributed by atoms with Gasteiger partial charge >= 0.3 is 6.09 Å². The SMILES string of the molecule is CC(C)(C)OC(=O)N(CCC#Cc1cccc2c1CN(C1CCC(=O)NC1=O)C2=O)CCOCCCOCCCN. The minimum Gasteiger partial charge on any atom is -0.444 e. The zero-order valence-electron chi connectivity index (χ0n) is 24.3. The molecule has 1 unspecified atom stereocenters. The molecule has 3 N–H and O–H groups in total. The Bertz CT molecular complexity index is 1150. The Morgan fingerprint density at radius 3 is 2.54 bits per heavy atom. The monoisotopic (exact) mass is 570 g/mol. The lowest BCUT2D eigenvalue weighted by Gasteiger charge is -2.29. The Hall–Kier alpha value is -3.46. The second-order valence-electron chi connectivity index (χ2n) is 11.0. The number of hydrogen-bond acceptors (Lipinski definition) is 8. The van der Waals surface area contributed by atoms with E-state index in [1.54, 1.807) is 17.0 Å². The molecule has 0 saturated carbocycles. The summed E-state index contributed by atoms with van der Waals surface area (Å²) in [5.74, 6) is 5.25.